The summed E-state index contributed by atoms with van der Waals surface area (Å²) >= 11 is 1.53. The number of amides is 1. The summed E-state index contributed by atoms with van der Waals surface area (Å²) in [5, 5.41) is 2.95. The highest BCUT2D eigenvalue weighted by molar-refractivity contribution is 8.00. The number of ether oxygens (including phenoxy) is 1. The smallest absolute Gasteiger partial charge is 0.340 e. The van der Waals surface area contributed by atoms with Gasteiger partial charge in [0, 0.05) is 39.5 Å². The average Bonchev–Trinajstić information content (AvgIpc) is 3.40. The van der Waals surface area contributed by atoms with Gasteiger partial charge < -0.3 is 15.0 Å². The molecule has 0 saturated heterocycles. The van der Waals surface area contributed by atoms with Gasteiger partial charge in [0.15, 0.2) is 5.78 Å². The number of anilines is 2. The van der Waals surface area contributed by atoms with E-state index in [1.807, 2.05) is 71.6 Å². The predicted molar refractivity (Wildman–Crippen MR) is 152 cm³/mol. The van der Waals surface area contributed by atoms with Crippen LogP contribution in [0.5, 0.6) is 0 Å². The van der Waals surface area contributed by atoms with Gasteiger partial charge in [0.25, 0.3) is 0 Å². The number of methoxy groups -OCH3 is 1. The molecular weight excluding hydrogens is 508 g/mol. The summed E-state index contributed by atoms with van der Waals surface area (Å²) in [7, 11) is 1.35. The van der Waals surface area contributed by atoms with Gasteiger partial charge in [-0.3, -0.25) is 9.59 Å². The van der Waals surface area contributed by atoms with Gasteiger partial charge in [-0.1, -0.05) is 67.9 Å². The van der Waals surface area contributed by atoms with E-state index in [1.165, 1.54) is 18.9 Å². The summed E-state index contributed by atoms with van der Waals surface area (Å²) in [4.78, 5) is 45.7. The molecule has 2 heterocycles. The van der Waals surface area contributed by atoms with Gasteiger partial charge in [0.1, 0.15) is 5.41 Å². The van der Waals surface area contributed by atoms with Gasteiger partial charge in [-0.05, 0) is 35.7 Å². The molecule has 1 spiro atoms. The van der Waals surface area contributed by atoms with Crippen molar-refractivity contribution < 1.29 is 19.1 Å². The number of fused-ring (bicyclic) bond motifs is 8. The van der Waals surface area contributed by atoms with E-state index in [4.69, 9.17) is 4.74 Å². The molecule has 2 atom stereocenters. The lowest BCUT2D eigenvalue weighted by Crippen LogP contribution is -2.54. The van der Waals surface area contributed by atoms with Gasteiger partial charge in [-0.15, -0.1) is 11.8 Å². The molecule has 0 fully saturated rings. The van der Waals surface area contributed by atoms with Crippen molar-refractivity contribution in [1.82, 2.24) is 0 Å². The molecule has 2 aliphatic heterocycles. The molecule has 0 saturated carbocycles. The number of benzene rings is 3. The molecule has 1 amide bonds. The Hall–Kier alpha value is -4.10. The number of para-hydroxylation sites is 2. The number of carbonyl (C=O) groups is 3. The molecule has 4 aliphatic rings. The molecule has 0 bridgehead atoms. The van der Waals surface area contributed by atoms with Gasteiger partial charge in [0.2, 0.25) is 5.91 Å². The van der Waals surface area contributed by atoms with Crippen LogP contribution in [0.15, 0.2) is 94.5 Å². The molecule has 3 aromatic carbocycles. The van der Waals surface area contributed by atoms with Crippen molar-refractivity contribution in [3.05, 3.63) is 106 Å². The maximum Gasteiger partial charge on any atom is 0.340 e. The van der Waals surface area contributed by atoms with Crippen molar-refractivity contribution in [3.8, 4) is 0 Å². The molecule has 3 aromatic rings. The lowest BCUT2D eigenvalue weighted by atomic mass is 9.65. The molecule has 0 radical (unpaired) electrons. The number of nitrogens with one attached hydrogen (secondary N) is 1. The SMILES string of the molecule is CCCCN1C(=O)[C@@]2(C3=C(C(C(=O)OC)=C4Nc5ccccc5S[C@H]42)c2ccccc2C3=O)c2ccccc21. The Labute approximate surface area is 230 Å². The maximum atomic E-state index is 15.0. The van der Waals surface area contributed by atoms with Crippen LogP contribution in [0.2, 0.25) is 0 Å². The summed E-state index contributed by atoms with van der Waals surface area (Å²) in [6, 6.07) is 23.0. The number of esters is 1. The van der Waals surface area contributed by atoms with E-state index in [0.717, 1.165) is 34.7 Å². The fourth-order valence-electron chi connectivity index (χ4n) is 6.58. The highest BCUT2D eigenvalue weighted by atomic mass is 32.2. The van der Waals surface area contributed by atoms with E-state index in [9.17, 15) is 14.4 Å². The minimum atomic E-state index is -1.31. The van der Waals surface area contributed by atoms with Crippen LogP contribution in [-0.2, 0) is 19.7 Å². The number of carbonyl (C=O) groups excluding carboxylic acids is 3. The van der Waals surface area contributed by atoms with Crippen molar-refractivity contribution >= 4 is 46.4 Å². The number of nitrogens with zero attached hydrogens (tertiary/aromatic N) is 1. The van der Waals surface area contributed by atoms with Crippen LogP contribution in [-0.4, -0.2) is 36.6 Å². The molecule has 194 valence electrons. The number of ketones is 1. The summed E-state index contributed by atoms with van der Waals surface area (Å²) in [6.45, 7) is 2.66. The standard InChI is InChI=1S/C32H26N2O4S/c1-3-4-17-34-22-15-9-7-13-20(22)32(31(34)37)26-24(18-11-5-6-12-19(18)28(26)35)25(30(36)38-2)27-29(32)39-23-16-10-8-14-21(23)33-27/h5-16,29,33H,3-4,17H2,1-2H3/t29-,32-/m1/s1. The third-order valence-corrected chi connectivity index (χ3v) is 9.65. The largest absolute Gasteiger partial charge is 0.465 e. The maximum absolute atomic E-state index is 15.0. The Morgan fingerprint density at radius 2 is 1.72 bits per heavy atom. The van der Waals surface area contributed by atoms with Crippen molar-refractivity contribution in [1.29, 1.82) is 0 Å². The number of Topliss-reactive ketones (excluding diaryl/α,β-unsaturated/α-hetero) is 1. The summed E-state index contributed by atoms with van der Waals surface area (Å²) in [5.41, 5.74) is 4.14. The van der Waals surface area contributed by atoms with E-state index in [-0.39, 0.29) is 11.7 Å². The number of thioether (sulfide) groups is 1. The van der Waals surface area contributed by atoms with Crippen LogP contribution in [0.4, 0.5) is 11.4 Å². The fraction of sp³-hybridized carbons (Fsp3) is 0.219. The highest BCUT2D eigenvalue weighted by Crippen LogP contribution is 2.63. The minimum absolute atomic E-state index is 0.120. The first kappa shape index (κ1) is 24.0. The third kappa shape index (κ3) is 3.02. The van der Waals surface area contributed by atoms with Crippen LogP contribution in [0.25, 0.3) is 5.57 Å². The minimum Gasteiger partial charge on any atom is -0.465 e. The topological polar surface area (TPSA) is 75.7 Å². The molecular formula is C32H26N2O4S. The zero-order chi connectivity index (χ0) is 26.9. The molecule has 39 heavy (non-hydrogen) atoms. The molecule has 0 aromatic heterocycles. The Morgan fingerprint density at radius 1 is 1.00 bits per heavy atom. The number of hydrogen-bond acceptors (Lipinski definition) is 6. The summed E-state index contributed by atoms with van der Waals surface area (Å²) in [6.07, 6.45) is 1.77. The first-order chi connectivity index (χ1) is 19.0. The summed E-state index contributed by atoms with van der Waals surface area (Å²) in [5.74, 6) is -0.859. The van der Waals surface area contributed by atoms with E-state index in [2.05, 4.69) is 12.2 Å². The van der Waals surface area contributed by atoms with E-state index in [1.54, 1.807) is 6.07 Å². The van der Waals surface area contributed by atoms with Crippen molar-refractivity contribution in [2.24, 2.45) is 0 Å². The molecule has 1 N–H and O–H groups in total. The Kier molecular flexibility index (Phi) is 5.36. The normalized spacial score (nSPS) is 22.3. The van der Waals surface area contributed by atoms with Crippen molar-refractivity contribution in [2.45, 2.75) is 35.3 Å². The van der Waals surface area contributed by atoms with E-state index in [0.29, 0.717) is 40.1 Å². The van der Waals surface area contributed by atoms with Crippen LogP contribution in [0.3, 0.4) is 0 Å². The lowest BCUT2D eigenvalue weighted by molar-refractivity contribution is -0.135. The van der Waals surface area contributed by atoms with E-state index >= 15 is 0 Å². The van der Waals surface area contributed by atoms with Crippen LogP contribution >= 0.6 is 11.8 Å². The Balaban J connectivity index is 1.61. The highest BCUT2D eigenvalue weighted by Gasteiger charge is 2.66. The fourth-order valence-corrected chi connectivity index (χ4v) is 8.05. The van der Waals surface area contributed by atoms with Gasteiger partial charge >= 0.3 is 5.97 Å². The zero-order valence-corrected chi connectivity index (χ0v) is 22.4. The lowest BCUT2D eigenvalue weighted by Gasteiger charge is -2.45. The van der Waals surface area contributed by atoms with Gasteiger partial charge in [-0.25, -0.2) is 4.79 Å². The van der Waals surface area contributed by atoms with Crippen molar-refractivity contribution in [2.75, 3.05) is 23.9 Å². The monoisotopic (exact) mass is 534 g/mol. The Bertz CT molecular complexity index is 1670. The quantitative estimate of drug-likeness (QED) is 0.430. The van der Waals surface area contributed by atoms with Crippen molar-refractivity contribution in [3.63, 3.8) is 0 Å². The molecule has 7 heteroatoms. The predicted octanol–water partition coefficient (Wildman–Crippen LogP) is 5.75. The number of hydrogen-bond donors (Lipinski definition) is 1. The van der Waals surface area contributed by atoms with Crippen LogP contribution in [0, 0.1) is 0 Å². The second-order valence-electron chi connectivity index (χ2n) is 10.2. The number of rotatable bonds is 4. The Morgan fingerprint density at radius 3 is 2.51 bits per heavy atom. The molecule has 6 nitrogen and oxygen atoms in total. The van der Waals surface area contributed by atoms with Crippen LogP contribution in [0.1, 0.15) is 41.3 Å². The second kappa shape index (κ2) is 8.71. The third-order valence-electron chi connectivity index (χ3n) is 8.22. The molecule has 2 aliphatic carbocycles. The first-order valence-corrected chi connectivity index (χ1v) is 14.1. The van der Waals surface area contributed by atoms with Gasteiger partial charge in [0.05, 0.1) is 23.6 Å². The molecule has 7 rings (SSSR count). The second-order valence-corrected chi connectivity index (χ2v) is 11.3. The van der Waals surface area contributed by atoms with E-state index < -0.39 is 16.6 Å². The summed E-state index contributed by atoms with van der Waals surface area (Å²) < 4.78 is 5.32. The van der Waals surface area contributed by atoms with Gasteiger partial charge in [-0.2, -0.15) is 0 Å². The average molecular weight is 535 g/mol. The van der Waals surface area contributed by atoms with Crippen LogP contribution < -0.4 is 10.2 Å². The zero-order valence-electron chi connectivity index (χ0n) is 21.6. The first-order valence-electron chi connectivity index (χ1n) is 13.2. The molecule has 0 unspecified atom stereocenters. The number of unbranched alkanes of at least 4 members (excludes halogenated alkanes) is 1.